The molecule has 0 radical (unpaired) electrons. The number of rotatable bonds is 3. The Bertz CT molecular complexity index is 977. The maximum atomic E-state index is 6.30. The molecule has 7 nitrogen and oxygen atoms in total. The Balaban J connectivity index is 1.68. The third kappa shape index (κ3) is 2.08. The molecule has 1 fully saturated rings. The first-order valence-corrected chi connectivity index (χ1v) is 8.43. The largest absolute Gasteiger partial charge is 0.473 e. The fraction of sp³-hybridized carbons (Fsp3) is 0.353. The van der Waals surface area contributed by atoms with E-state index in [1.807, 2.05) is 35.0 Å². The van der Waals surface area contributed by atoms with Gasteiger partial charge in [-0.2, -0.15) is 0 Å². The van der Waals surface area contributed by atoms with Gasteiger partial charge in [0.25, 0.3) is 0 Å². The quantitative estimate of drug-likeness (QED) is 0.629. The van der Waals surface area contributed by atoms with Crippen molar-refractivity contribution in [3.05, 3.63) is 36.7 Å². The van der Waals surface area contributed by atoms with Crippen molar-refractivity contribution >= 4 is 16.7 Å². The fourth-order valence-electron chi connectivity index (χ4n) is 3.52. The van der Waals surface area contributed by atoms with E-state index in [-0.39, 0.29) is 6.10 Å². The number of ether oxygens (including phenoxy) is 1. The minimum absolute atomic E-state index is 0.246. The third-order valence-electron chi connectivity index (χ3n) is 4.69. The topological polar surface area (TPSA) is 73.0 Å². The summed E-state index contributed by atoms with van der Waals surface area (Å²) in [5, 5.41) is 11.4. The highest BCUT2D eigenvalue weighted by Crippen LogP contribution is 2.31. The minimum Gasteiger partial charge on any atom is -0.473 e. The van der Waals surface area contributed by atoms with Gasteiger partial charge in [0.1, 0.15) is 6.10 Å². The molecule has 1 N–H and O–H groups in total. The molecule has 0 atom stereocenters. The number of nitrogens with zero attached hydrogens (tertiary/aromatic N) is 5. The van der Waals surface area contributed by atoms with Crippen LogP contribution in [0.1, 0.15) is 32.1 Å². The molecule has 122 valence electrons. The molecule has 3 heterocycles. The van der Waals surface area contributed by atoms with Gasteiger partial charge in [-0.05, 0) is 37.8 Å². The zero-order valence-corrected chi connectivity index (χ0v) is 13.2. The van der Waals surface area contributed by atoms with Gasteiger partial charge in [-0.25, -0.2) is 14.2 Å². The van der Waals surface area contributed by atoms with Crippen LogP contribution in [-0.4, -0.2) is 35.7 Å². The van der Waals surface area contributed by atoms with Gasteiger partial charge in [-0.3, -0.25) is 5.10 Å². The van der Waals surface area contributed by atoms with Gasteiger partial charge in [0, 0.05) is 0 Å². The molecule has 0 amide bonds. The van der Waals surface area contributed by atoms with Crippen molar-refractivity contribution in [1.82, 2.24) is 29.6 Å². The Morgan fingerprint density at radius 3 is 2.83 bits per heavy atom. The van der Waals surface area contributed by atoms with E-state index in [9.17, 15) is 0 Å². The molecule has 24 heavy (non-hydrogen) atoms. The van der Waals surface area contributed by atoms with Crippen LogP contribution in [0.3, 0.4) is 0 Å². The van der Waals surface area contributed by atoms with E-state index < -0.39 is 0 Å². The molecule has 0 spiro atoms. The standard InChI is InChI=1S/C17H18N6O/c1-2-6-12(7-3-1)24-17-15(22-11-10-18-21-22)16-19-13-8-4-5-9-14(13)23(16)20-17/h4-5,8-12,20H,1-3,6-7H2. The first-order chi connectivity index (χ1) is 11.9. The van der Waals surface area contributed by atoms with E-state index in [4.69, 9.17) is 9.72 Å². The summed E-state index contributed by atoms with van der Waals surface area (Å²) in [6, 6.07) is 8.04. The van der Waals surface area contributed by atoms with Crippen LogP contribution in [-0.2, 0) is 0 Å². The number of H-pyrrole nitrogens is 1. The van der Waals surface area contributed by atoms with Crippen LogP contribution in [0.4, 0.5) is 0 Å². The van der Waals surface area contributed by atoms with Gasteiger partial charge < -0.3 is 4.74 Å². The molecule has 0 aliphatic heterocycles. The van der Waals surface area contributed by atoms with E-state index in [1.165, 1.54) is 19.3 Å². The van der Waals surface area contributed by atoms with Crippen molar-refractivity contribution in [3.8, 4) is 11.6 Å². The number of hydrogen-bond acceptors (Lipinski definition) is 4. The first-order valence-electron chi connectivity index (χ1n) is 8.43. The van der Waals surface area contributed by atoms with Crippen LogP contribution >= 0.6 is 0 Å². The zero-order valence-electron chi connectivity index (χ0n) is 13.2. The lowest BCUT2D eigenvalue weighted by Crippen LogP contribution is -2.20. The lowest BCUT2D eigenvalue weighted by Gasteiger charge is -2.22. The monoisotopic (exact) mass is 322 g/mol. The molecule has 0 unspecified atom stereocenters. The summed E-state index contributed by atoms with van der Waals surface area (Å²) in [5.41, 5.74) is 3.57. The van der Waals surface area contributed by atoms with Gasteiger partial charge in [0.05, 0.1) is 23.4 Å². The summed E-state index contributed by atoms with van der Waals surface area (Å²) >= 11 is 0. The number of fused-ring (bicyclic) bond motifs is 3. The Morgan fingerprint density at radius 2 is 2.00 bits per heavy atom. The number of para-hydroxylation sites is 2. The van der Waals surface area contributed by atoms with Crippen molar-refractivity contribution in [1.29, 1.82) is 0 Å². The molecule has 1 aromatic carbocycles. The second kappa shape index (κ2) is 5.36. The van der Waals surface area contributed by atoms with E-state index in [2.05, 4.69) is 15.4 Å². The van der Waals surface area contributed by atoms with Crippen LogP contribution < -0.4 is 4.74 Å². The molecule has 1 saturated carbocycles. The summed E-state index contributed by atoms with van der Waals surface area (Å²) in [5.74, 6) is 0.709. The molecule has 5 rings (SSSR count). The van der Waals surface area contributed by atoms with Crippen molar-refractivity contribution < 1.29 is 4.74 Å². The molecular weight excluding hydrogens is 304 g/mol. The smallest absolute Gasteiger partial charge is 0.237 e. The number of aromatic amines is 1. The van der Waals surface area contributed by atoms with Gasteiger partial charge >= 0.3 is 0 Å². The van der Waals surface area contributed by atoms with E-state index in [0.717, 1.165) is 35.2 Å². The normalized spacial score (nSPS) is 16.2. The number of aromatic nitrogens is 6. The van der Waals surface area contributed by atoms with E-state index >= 15 is 0 Å². The molecule has 1 aliphatic carbocycles. The molecule has 0 saturated heterocycles. The molecule has 1 aliphatic rings. The Hall–Kier alpha value is -2.83. The molecule has 3 aromatic heterocycles. The highest BCUT2D eigenvalue weighted by molar-refractivity contribution is 5.84. The van der Waals surface area contributed by atoms with E-state index in [0.29, 0.717) is 5.88 Å². The fourth-order valence-corrected chi connectivity index (χ4v) is 3.52. The Morgan fingerprint density at radius 1 is 1.12 bits per heavy atom. The second-order valence-electron chi connectivity index (χ2n) is 6.27. The van der Waals surface area contributed by atoms with Crippen LogP contribution in [0.2, 0.25) is 0 Å². The maximum absolute atomic E-state index is 6.30. The molecule has 7 heteroatoms. The summed E-state index contributed by atoms with van der Waals surface area (Å²) in [7, 11) is 0. The Kier molecular flexibility index (Phi) is 3.04. The predicted molar refractivity (Wildman–Crippen MR) is 89.5 cm³/mol. The van der Waals surface area contributed by atoms with Crippen LogP contribution in [0.15, 0.2) is 36.7 Å². The number of benzene rings is 1. The lowest BCUT2D eigenvalue weighted by atomic mass is 9.98. The summed E-state index contributed by atoms with van der Waals surface area (Å²) in [6.07, 6.45) is 9.67. The van der Waals surface area contributed by atoms with E-state index in [1.54, 1.807) is 10.9 Å². The number of nitrogens with one attached hydrogen (secondary N) is 1. The minimum atomic E-state index is 0.246. The average molecular weight is 322 g/mol. The lowest BCUT2D eigenvalue weighted by molar-refractivity contribution is 0.148. The maximum Gasteiger partial charge on any atom is 0.237 e. The first kappa shape index (κ1) is 13.6. The number of hydrogen-bond donors (Lipinski definition) is 1. The summed E-state index contributed by atoms with van der Waals surface area (Å²) < 4.78 is 9.98. The number of imidazole rings is 1. The van der Waals surface area contributed by atoms with Crippen LogP contribution in [0, 0.1) is 0 Å². The summed E-state index contributed by atoms with van der Waals surface area (Å²) in [6.45, 7) is 0. The van der Waals surface area contributed by atoms with Crippen molar-refractivity contribution in [2.24, 2.45) is 0 Å². The predicted octanol–water partition coefficient (Wildman–Crippen LogP) is 3.11. The van der Waals surface area contributed by atoms with Crippen molar-refractivity contribution in [2.75, 3.05) is 0 Å². The highest BCUT2D eigenvalue weighted by Gasteiger charge is 2.23. The van der Waals surface area contributed by atoms with Gasteiger partial charge in [-0.15, -0.1) is 5.10 Å². The second-order valence-corrected chi connectivity index (χ2v) is 6.27. The van der Waals surface area contributed by atoms with Gasteiger partial charge in [0.15, 0.2) is 11.3 Å². The van der Waals surface area contributed by atoms with Crippen LogP contribution in [0.5, 0.6) is 5.88 Å². The van der Waals surface area contributed by atoms with Gasteiger partial charge in [0.2, 0.25) is 5.88 Å². The average Bonchev–Trinajstić information content (AvgIpc) is 3.31. The van der Waals surface area contributed by atoms with Crippen LogP contribution in [0.25, 0.3) is 22.4 Å². The Labute approximate surface area is 138 Å². The molecular formula is C17H18N6O. The van der Waals surface area contributed by atoms with Crippen molar-refractivity contribution in [3.63, 3.8) is 0 Å². The van der Waals surface area contributed by atoms with Crippen molar-refractivity contribution in [2.45, 2.75) is 38.2 Å². The molecule has 0 bridgehead atoms. The summed E-state index contributed by atoms with van der Waals surface area (Å²) in [4.78, 5) is 4.75. The molecule has 4 aromatic rings. The van der Waals surface area contributed by atoms with Gasteiger partial charge in [-0.1, -0.05) is 23.8 Å². The third-order valence-corrected chi connectivity index (χ3v) is 4.69. The highest BCUT2D eigenvalue weighted by atomic mass is 16.5. The zero-order chi connectivity index (χ0) is 15.9. The SMILES string of the molecule is c1ccc2c(c1)nc1c(-n3ccnn3)c(OC3CCCCC3)[nH]n12.